The van der Waals surface area contributed by atoms with E-state index in [2.05, 4.69) is 5.32 Å². The van der Waals surface area contributed by atoms with Crippen molar-refractivity contribution >= 4 is 12.1 Å². The number of alkyl carbamates (subject to hydrolysis) is 1. The molecule has 0 saturated heterocycles. The lowest BCUT2D eigenvalue weighted by Crippen LogP contribution is -2.39. The van der Waals surface area contributed by atoms with Gasteiger partial charge < -0.3 is 15.2 Å². The van der Waals surface area contributed by atoms with Crippen LogP contribution >= 0.6 is 0 Å². The van der Waals surface area contributed by atoms with Gasteiger partial charge in [0.2, 0.25) is 0 Å². The van der Waals surface area contributed by atoms with Crippen LogP contribution in [0.15, 0.2) is 11.6 Å². The fourth-order valence-corrected chi connectivity index (χ4v) is 1.72. The molecule has 0 aromatic carbocycles. The van der Waals surface area contributed by atoms with Crippen molar-refractivity contribution in [2.75, 3.05) is 0 Å². The molecule has 1 atom stereocenters. The van der Waals surface area contributed by atoms with E-state index >= 15 is 0 Å². The maximum Gasteiger partial charge on any atom is 0.408 e. The third-order valence-corrected chi connectivity index (χ3v) is 2.49. The first-order valence-corrected chi connectivity index (χ1v) is 6.98. The van der Waals surface area contributed by atoms with Crippen molar-refractivity contribution in [3.63, 3.8) is 0 Å². The molecule has 0 aliphatic heterocycles. The Morgan fingerprint density at radius 2 is 1.85 bits per heavy atom. The summed E-state index contributed by atoms with van der Waals surface area (Å²) in [6.07, 6.45) is 2.16. The number of carboxylic acids is 1. The van der Waals surface area contributed by atoms with E-state index in [1.54, 1.807) is 33.8 Å². The van der Waals surface area contributed by atoms with Crippen LogP contribution in [0.1, 0.15) is 54.4 Å². The van der Waals surface area contributed by atoms with Crippen molar-refractivity contribution in [2.24, 2.45) is 5.92 Å². The average molecular weight is 285 g/mol. The van der Waals surface area contributed by atoms with E-state index in [9.17, 15) is 9.59 Å². The van der Waals surface area contributed by atoms with Crippen molar-refractivity contribution in [3.8, 4) is 0 Å². The second-order valence-corrected chi connectivity index (χ2v) is 6.23. The summed E-state index contributed by atoms with van der Waals surface area (Å²) in [5.41, 5.74) is -0.275. The molecule has 0 aliphatic rings. The largest absolute Gasteiger partial charge is 0.478 e. The van der Waals surface area contributed by atoms with Crippen LogP contribution < -0.4 is 5.32 Å². The van der Waals surface area contributed by atoms with Crippen molar-refractivity contribution < 1.29 is 19.4 Å². The number of aliphatic carboxylic acids is 1. The highest BCUT2D eigenvalue weighted by molar-refractivity contribution is 5.86. The van der Waals surface area contributed by atoms with E-state index in [1.807, 2.05) is 13.8 Å². The molecule has 2 N–H and O–H groups in total. The average Bonchev–Trinajstić information content (AvgIpc) is 2.21. The summed E-state index contributed by atoms with van der Waals surface area (Å²) in [6.45, 7) is 11.2. The molecule has 0 bridgehead atoms. The molecule has 0 fully saturated rings. The molecule has 0 heterocycles. The van der Waals surface area contributed by atoms with Crippen LogP contribution in [0.25, 0.3) is 0 Å². The number of amides is 1. The molecule has 5 nitrogen and oxygen atoms in total. The highest BCUT2D eigenvalue weighted by Gasteiger charge is 2.20. The highest BCUT2D eigenvalue weighted by Crippen LogP contribution is 2.12. The lowest BCUT2D eigenvalue weighted by molar-refractivity contribution is -0.132. The topological polar surface area (TPSA) is 75.6 Å². The van der Waals surface area contributed by atoms with Crippen molar-refractivity contribution in [1.82, 2.24) is 5.32 Å². The van der Waals surface area contributed by atoms with E-state index < -0.39 is 17.7 Å². The summed E-state index contributed by atoms with van der Waals surface area (Å²) in [4.78, 5) is 22.8. The zero-order valence-corrected chi connectivity index (χ0v) is 13.3. The smallest absolute Gasteiger partial charge is 0.408 e. The van der Waals surface area contributed by atoms with Crippen LogP contribution in [0.3, 0.4) is 0 Å². The van der Waals surface area contributed by atoms with Gasteiger partial charge in [0.05, 0.1) is 6.04 Å². The third-order valence-electron chi connectivity index (χ3n) is 2.49. The molecule has 0 saturated carbocycles. The molecule has 0 unspecified atom stereocenters. The Bertz CT molecular complexity index is 367. The highest BCUT2D eigenvalue weighted by atomic mass is 16.6. The van der Waals surface area contributed by atoms with Gasteiger partial charge in [0, 0.05) is 5.57 Å². The van der Waals surface area contributed by atoms with Gasteiger partial charge in [0.1, 0.15) is 5.60 Å². The Morgan fingerprint density at radius 1 is 1.30 bits per heavy atom. The second-order valence-electron chi connectivity index (χ2n) is 6.23. The molecule has 0 rings (SSSR count). The zero-order chi connectivity index (χ0) is 15.9. The number of carbonyl (C=O) groups is 2. The van der Waals surface area contributed by atoms with Gasteiger partial charge in [-0.25, -0.2) is 9.59 Å². The van der Waals surface area contributed by atoms with Gasteiger partial charge in [-0.15, -0.1) is 0 Å². The Balaban J connectivity index is 4.89. The van der Waals surface area contributed by atoms with Crippen molar-refractivity contribution in [1.29, 1.82) is 0 Å². The van der Waals surface area contributed by atoms with Gasteiger partial charge in [0.25, 0.3) is 0 Å². The summed E-state index contributed by atoms with van der Waals surface area (Å²) < 4.78 is 5.20. The summed E-state index contributed by atoms with van der Waals surface area (Å²) >= 11 is 0. The Labute approximate surface area is 121 Å². The quantitative estimate of drug-likeness (QED) is 0.734. The predicted octanol–water partition coefficient (Wildman–Crippen LogP) is 3.35. The summed E-state index contributed by atoms with van der Waals surface area (Å²) in [5.74, 6) is -0.620. The fourth-order valence-electron chi connectivity index (χ4n) is 1.72. The first-order valence-electron chi connectivity index (χ1n) is 6.98. The maximum atomic E-state index is 11.8. The van der Waals surface area contributed by atoms with Crippen LogP contribution in [0.2, 0.25) is 0 Å². The van der Waals surface area contributed by atoms with Crippen LogP contribution in [-0.4, -0.2) is 28.8 Å². The predicted molar refractivity (Wildman–Crippen MR) is 78.6 cm³/mol. The number of ether oxygens (including phenoxy) is 1. The molecule has 0 radical (unpaired) electrons. The molecular weight excluding hydrogens is 258 g/mol. The fraction of sp³-hybridized carbons (Fsp3) is 0.733. The monoisotopic (exact) mass is 285 g/mol. The SMILES string of the molecule is CCC(=C[C@H](CC(C)C)NC(=O)OC(C)(C)C)C(=O)O. The molecular formula is C15H27NO4. The maximum absolute atomic E-state index is 11.8. The first kappa shape index (κ1) is 18.5. The molecule has 1 amide bonds. The van der Waals surface area contributed by atoms with Crippen LogP contribution in [0.5, 0.6) is 0 Å². The van der Waals surface area contributed by atoms with E-state index in [0.717, 1.165) is 0 Å². The van der Waals surface area contributed by atoms with Gasteiger partial charge in [-0.2, -0.15) is 0 Å². The minimum atomic E-state index is -0.952. The number of carboxylic acid groups (broad SMARTS) is 1. The van der Waals surface area contributed by atoms with Crippen LogP contribution in [0, 0.1) is 5.92 Å². The minimum absolute atomic E-state index is 0.298. The lowest BCUT2D eigenvalue weighted by Gasteiger charge is -2.23. The normalized spacial score (nSPS) is 14.1. The third kappa shape index (κ3) is 8.56. The molecule has 20 heavy (non-hydrogen) atoms. The molecule has 0 aliphatic carbocycles. The Kier molecular flexibility index (Phi) is 7.32. The number of carbonyl (C=O) groups excluding carboxylic acids is 1. The van der Waals surface area contributed by atoms with Crippen molar-refractivity contribution in [3.05, 3.63) is 11.6 Å². The molecule has 116 valence electrons. The van der Waals surface area contributed by atoms with Gasteiger partial charge in [-0.1, -0.05) is 26.8 Å². The van der Waals surface area contributed by atoms with E-state index in [1.165, 1.54) is 0 Å². The van der Waals surface area contributed by atoms with Crippen LogP contribution in [-0.2, 0) is 9.53 Å². The number of hydrogen-bond donors (Lipinski definition) is 2. The lowest BCUT2D eigenvalue weighted by atomic mass is 10.0. The zero-order valence-electron chi connectivity index (χ0n) is 13.3. The van der Waals surface area contributed by atoms with Gasteiger partial charge in [-0.05, 0) is 39.5 Å². The van der Waals surface area contributed by atoms with E-state index in [-0.39, 0.29) is 6.04 Å². The standard InChI is InChI=1S/C15H27NO4/c1-7-11(13(17)18)9-12(8-10(2)3)16-14(19)20-15(4,5)6/h9-10,12H,7-8H2,1-6H3,(H,16,19)(H,17,18)/t12-/m0/s1. The molecule has 5 heteroatoms. The van der Waals surface area contributed by atoms with Gasteiger partial charge >= 0.3 is 12.1 Å². The summed E-state index contributed by atoms with van der Waals surface area (Å²) in [6, 6.07) is -0.337. The second kappa shape index (κ2) is 7.92. The summed E-state index contributed by atoms with van der Waals surface area (Å²) in [7, 11) is 0. The molecule has 0 aromatic rings. The van der Waals surface area contributed by atoms with E-state index in [0.29, 0.717) is 24.3 Å². The Hall–Kier alpha value is -1.52. The first-order chi connectivity index (χ1) is 9.05. The van der Waals surface area contributed by atoms with Crippen LogP contribution in [0.4, 0.5) is 4.79 Å². The summed E-state index contributed by atoms with van der Waals surface area (Å²) in [5, 5.41) is 11.8. The number of hydrogen-bond acceptors (Lipinski definition) is 3. The minimum Gasteiger partial charge on any atom is -0.478 e. The van der Waals surface area contributed by atoms with E-state index in [4.69, 9.17) is 9.84 Å². The molecule has 0 spiro atoms. The number of nitrogens with one attached hydrogen (secondary N) is 1. The number of rotatable bonds is 6. The van der Waals surface area contributed by atoms with Crippen molar-refractivity contribution in [2.45, 2.75) is 66.0 Å². The molecule has 0 aromatic heterocycles. The van der Waals surface area contributed by atoms with Gasteiger partial charge in [0.15, 0.2) is 0 Å². The Morgan fingerprint density at radius 3 is 2.20 bits per heavy atom. The van der Waals surface area contributed by atoms with Gasteiger partial charge in [-0.3, -0.25) is 0 Å².